The van der Waals surface area contributed by atoms with Crippen LogP contribution in [0, 0.1) is 0 Å². The molecule has 0 aliphatic rings. The predicted molar refractivity (Wildman–Crippen MR) is 47.2 cm³/mol. The molecule has 0 saturated heterocycles. The topological polar surface area (TPSA) is 0 Å². The maximum atomic E-state index is 2.26. The Morgan fingerprint density at radius 3 is 2.80 bits per heavy atom. The van der Waals surface area contributed by atoms with Gasteiger partial charge in [0.25, 0.3) is 0 Å². The summed E-state index contributed by atoms with van der Waals surface area (Å²) in [4.78, 5) is 0. The summed E-state index contributed by atoms with van der Waals surface area (Å²) >= 11 is 3.41. The molecule has 0 saturated carbocycles. The molecule has 2 aromatic rings. The van der Waals surface area contributed by atoms with Crippen LogP contribution in [-0.2, 0) is 0 Å². The van der Waals surface area contributed by atoms with Crippen LogP contribution in [0.15, 0.2) is 30.3 Å². The van der Waals surface area contributed by atoms with Gasteiger partial charge in [-0.3, -0.25) is 0 Å². The summed E-state index contributed by atoms with van der Waals surface area (Å²) in [6.07, 6.45) is 0. The number of rotatable bonds is 0. The summed E-state index contributed by atoms with van der Waals surface area (Å²) in [5, 5.41) is 1.39. The molecule has 0 unspecified atom stereocenters. The van der Waals surface area contributed by atoms with E-state index in [1.807, 2.05) is 11.3 Å². The van der Waals surface area contributed by atoms with Crippen LogP contribution in [0.3, 0.4) is 0 Å². The Balaban J connectivity index is 2.88. The van der Waals surface area contributed by atoms with Crippen LogP contribution < -0.4 is 2.89 Å². The first-order valence-electron chi connectivity index (χ1n) is 3.06. The molecule has 0 nitrogen and oxygen atoms in total. The van der Waals surface area contributed by atoms with Gasteiger partial charge >= 0.3 is 77.2 Å². The van der Waals surface area contributed by atoms with Gasteiger partial charge in [-0.2, -0.15) is 0 Å². The SMILES string of the molecule is [Sn][c]1cc2ccccc2s1. The van der Waals surface area contributed by atoms with E-state index < -0.39 is 0 Å². The fourth-order valence-electron chi connectivity index (χ4n) is 0.982. The van der Waals surface area contributed by atoms with Gasteiger partial charge in [-0.25, -0.2) is 0 Å². The van der Waals surface area contributed by atoms with E-state index in [0.29, 0.717) is 0 Å². The van der Waals surface area contributed by atoms with E-state index in [2.05, 4.69) is 30.3 Å². The second kappa shape index (κ2) is 2.55. The molecule has 0 bridgehead atoms. The predicted octanol–water partition coefficient (Wildman–Crippen LogP) is 1.70. The number of benzene rings is 1. The molecular formula is C8H5SSn. The summed E-state index contributed by atoms with van der Waals surface area (Å²) in [7, 11) is 0. The van der Waals surface area contributed by atoms with Crippen LogP contribution >= 0.6 is 11.3 Å². The van der Waals surface area contributed by atoms with E-state index in [4.69, 9.17) is 0 Å². The van der Waals surface area contributed by atoms with E-state index in [-0.39, 0.29) is 0 Å². The Kier molecular flexibility index (Phi) is 1.70. The molecular weight excluding hydrogens is 247 g/mol. The third-order valence-corrected chi connectivity index (χ3v) is 3.64. The Labute approximate surface area is 77.0 Å². The first-order valence-corrected chi connectivity index (χ1v) is 5.31. The van der Waals surface area contributed by atoms with E-state index in [1.165, 1.54) is 35.5 Å². The minimum atomic E-state index is 1.39. The van der Waals surface area contributed by atoms with Crippen molar-refractivity contribution in [1.82, 2.24) is 0 Å². The third kappa shape index (κ3) is 1.08. The summed E-state index contributed by atoms with van der Waals surface area (Å²) in [6, 6.07) is 10.8. The van der Waals surface area contributed by atoms with Crippen molar-refractivity contribution in [2.45, 2.75) is 0 Å². The Bertz CT molecular complexity index is 318. The first kappa shape index (κ1) is 6.67. The molecule has 0 atom stereocenters. The molecule has 2 rings (SSSR count). The second-order valence-electron chi connectivity index (χ2n) is 2.15. The van der Waals surface area contributed by atoms with Crippen molar-refractivity contribution in [3.05, 3.63) is 30.3 Å². The van der Waals surface area contributed by atoms with Crippen LogP contribution in [0.1, 0.15) is 0 Å². The van der Waals surface area contributed by atoms with Crippen molar-refractivity contribution in [3.63, 3.8) is 0 Å². The molecule has 47 valence electrons. The van der Waals surface area contributed by atoms with Crippen LogP contribution in [0.5, 0.6) is 0 Å². The van der Waals surface area contributed by atoms with Crippen LogP contribution in [0.25, 0.3) is 10.1 Å². The molecule has 10 heavy (non-hydrogen) atoms. The summed E-state index contributed by atoms with van der Waals surface area (Å²) in [5.74, 6) is 0. The number of hydrogen-bond acceptors (Lipinski definition) is 1. The minimum absolute atomic E-state index is 1.39. The van der Waals surface area contributed by atoms with Gasteiger partial charge in [0.1, 0.15) is 0 Å². The van der Waals surface area contributed by atoms with E-state index in [0.717, 1.165) is 0 Å². The summed E-state index contributed by atoms with van der Waals surface area (Å²) < 4.78 is 2.89. The zero-order chi connectivity index (χ0) is 6.97. The molecule has 1 aromatic carbocycles. The average Bonchev–Trinajstić information content (AvgIpc) is 2.27. The van der Waals surface area contributed by atoms with Crippen LogP contribution in [-0.4, -0.2) is 22.5 Å². The van der Waals surface area contributed by atoms with Gasteiger partial charge in [0.2, 0.25) is 0 Å². The van der Waals surface area contributed by atoms with Gasteiger partial charge in [0.15, 0.2) is 0 Å². The zero-order valence-corrected chi connectivity index (χ0v) is 8.97. The van der Waals surface area contributed by atoms with Gasteiger partial charge in [-0.05, 0) is 0 Å². The quantitative estimate of drug-likeness (QED) is 0.626. The molecule has 0 fully saturated rings. The second-order valence-corrected chi connectivity index (χ2v) is 5.80. The number of hydrogen-bond donors (Lipinski definition) is 0. The molecule has 1 aromatic heterocycles. The van der Waals surface area contributed by atoms with Crippen molar-refractivity contribution >= 4 is 46.8 Å². The molecule has 2 heteroatoms. The number of thiophene rings is 1. The van der Waals surface area contributed by atoms with Crippen molar-refractivity contribution in [1.29, 1.82) is 0 Å². The molecule has 0 amide bonds. The van der Waals surface area contributed by atoms with Crippen LogP contribution in [0.2, 0.25) is 0 Å². The van der Waals surface area contributed by atoms with Crippen molar-refractivity contribution < 1.29 is 0 Å². The van der Waals surface area contributed by atoms with Gasteiger partial charge in [0, 0.05) is 0 Å². The zero-order valence-electron chi connectivity index (χ0n) is 5.29. The van der Waals surface area contributed by atoms with Crippen molar-refractivity contribution in [3.8, 4) is 0 Å². The molecule has 0 aliphatic carbocycles. The normalized spacial score (nSPS) is 10.5. The fraction of sp³-hybridized carbons (Fsp3) is 0. The molecule has 3 radical (unpaired) electrons. The van der Waals surface area contributed by atoms with Gasteiger partial charge < -0.3 is 0 Å². The third-order valence-electron chi connectivity index (χ3n) is 1.43. The standard InChI is InChI=1S/C8H5S.Sn/c1-2-4-8-7(3-1)5-6-9-8;/h1-5H;. The maximum absolute atomic E-state index is 2.26. The Morgan fingerprint density at radius 1 is 1.20 bits per heavy atom. The monoisotopic (exact) mass is 253 g/mol. The summed E-state index contributed by atoms with van der Waals surface area (Å²) in [6.45, 7) is 0. The van der Waals surface area contributed by atoms with Gasteiger partial charge in [-0.15, -0.1) is 0 Å². The molecule has 0 spiro atoms. The molecule has 0 N–H and O–H groups in total. The summed E-state index contributed by atoms with van der Waals surface area (Å²) in [5.41, 5.74) is 0. The van der Waals surface area contributed by atoms with Crippen LogP contribution in [0.4, 0.5) is 0 Å². The van der Waals surface area contributed by atoms with E-state index in [1.54, 1.807) is 0 Å². The average molecular weight is 252 g/mol. The molecule has 0 aliphatic heterocycles. The van der Waals surface area contributed by atoms with Gasteiger partial charge in [-0.1, -0.05) is 0 Å². The van der Waals surface area contributed by atoms with Gasteiger partial charge in [0.05, 0.1) is 0 Å². The van der Waals surface area contributed by atoms with E-state index >= 15 is 0 Å². The van der Waals surface area contributed by atoms with Crippen molar-refractivity contribution in [2.75, 3.05) is 0 Å². The molecule has 1 heterocycles. The fourth-order valence-corrected chi connectivity index (χ4v) is 3.18. The Hall–Kier alpha value is -0.0213. The number of fused-ring (bicyclic) bond motifs is 1. The first-order chi connectivity index (χ1) is 4.86. The Morgan fingerprint density at radius 2 is 2.00 bits per heavy atom. The van der Waals surface area contributed by atoms with E-state index in [9.17, 15) is 0 Å². The van der Waals surface area contributed by atoms with Crippen molar-refractivity contribution in [2.24, 2.45) is 0 Å².